The molecule has 0 spiro atoms. The Labute approximate surface area is 112 Å². The Morgan fingerprint density at radius 3 is 2.67 bits per heavy atom. The van der Waals surface area contributed by atoms with Crippen LogP contribution in [-0.4, -0.2) is 50.8 Å². The zero-order chi connectivity index (χ0) is 12.6. The molecule has 3 heteroatoms. The molecule has 2 rings (SSSR count). The van der Waals surface area contributed by atoms with Gasteiger partial charge in [-0.2, -0.15) is 0 Å². The summed E-state index contributed by atoms with van der Waals surface area (Å²) in [6.45, 7) is 6.11. The van der Waals surface area contributed by atoms with Crippen molar-refractivity contribution in [1.29, 1.82) is 0 Å². The first-order valence-corrected chi connectivity index (χ1v) is 7.87. The lowest BCUT2D eigenvalue weighted by Crippen LogP contribution is -2.35. The van der Waals surface area contributed by atoms with Crippen LogP contribution in [0.25, 0.3) is 0 Å². The summed E-state index contributed by atoms with van der Waals surface area (Å²) in [5.41, 5.74) is 0. The first-order chi connectivity index (χ1) is 8.88. The second-order valence-corrected chi connectivity index (χ2v) is 5.95. The van der Waals surface area contributed by atoms with Crippen molar-refractivity contribution in [2.45, 2.75) is 51.0 Å². The van der Waals surface area contributed by atoms with Crippen LogP contribution in [0.2, 0.25) is 0 Å². The number of nitrogens with one attached hydrogen (secondary N) is 1. The molecule has 0 aromatic heterocycles. The number of piperidine rings is 1. The summed E-state index contributed by atoms with van der Waals surface area (Å²) in [6.07, 6.45) is 9.93. The van der Waals surface area contributed by atoms with Gasteiger partial charge in [0, 0.05) is 6.61 Å². The third kappa shape index (κ3) is 4.87. The average molecular weight is 254 g/mol. The third-order valence-corrected chi connectivity index (χ3v) is 4.53. The lowest BCUT2D eigenvalue weighted by Gasteiger charge is -2.32. The summed E-state index contributed by atoms with van der Waals surface area (Å²) < 4.78 is 5.68. The van der Waals surface area contributed by atoms with Crippen LogP contribution in [-0.2, 0) is 4.74 Å². The molecule has 0 bridgehead atoms. The molecular weight excluding hydrogens is 224 g/mol. The molecule has 1 N–H and O–H groups in total. The van der Waals surface area contributed by atoms with Gasteiger partial charge >= 0.3 is 0 Å². The molecule has 2 aliphatic rings. The van der Waals surface area contributed by atoms with Crippen LogP contribution in [0.4, 0.5) is 0 Å². The number of hydrogen-bond acceptors (Lipinski definition) is 3. The molecule has 18 heavy (non-hydrogen) atoms. The normalized spacial score (nSPS) is 26.8. The minimum Gasteiger partial charge on any atom is -0.378 e. The fourth-order valence-electron chi connectivity index (χ4n) is 3.26. The number of hydrogen-bond donors (Lipinski definition) is 1. The Morgan fingerprint density at radius 2 is 2.00 bits per heavy atom. The number of rotatable bonds is 7. The molecule has 2 saturated heterocycles. The summed E-state index contributed by atoms with van der Waals surface area (Å²) in [6, 6.07) is 0. The molecule has 106 valence electrons. The average Bonchev–Trinajstić information content (AvgIpc) is 2.91. The molecule has 3 nitrogen and oxygen atoms in total. The first-order valence-electron chi connectivity index (χ1n) is 7.87. The maximum absolute atomic E-state index is 5.68. The van der Waals surface area contributed by atoms with E-state index >= 15 is 0 Å². The van der Waals surface area contributed by atoms with Gasteiger partial charge in [-0.1, -0.05) is 0 Å². The van der Waals surface area contributed by atoms with E-state index < -0.39 is 0 Å². The SMILES string of the molecule is CNCCC1CCN(CCCC2CCCO2)CC1. The van der Waals surface area contributed by atoms with E-state index in [1.807, 2.05) is 0 Å². The van der Waals surface area contributed by atoms with E-state index in [2.05, 4.69) is 17.3 Å². The van der Waals surface area contributed by atoms with E-state index in [4.69, 9.17) is 4.74 Å². The van der Waals surface area contributed by atoms with Gasteiger partial charge in [0.1, 0.15) is 0 Å². The van der Waals surface area contributed by atoms with E-state index in [0.717, 1.165) is 12.5 Å². The highest BCUT2D eigenvalue weighted by Gasteiger charge is 2.19. The fraction of sp³-hybridized carbons (Fsp3) is 1.00. The predicted molar refractivity (Wildman–Crippen MR) is 75.9 cm³/mol. The zero-order valence-corrected chi connectivity index (χ0v) is 12.0. The first kappa shape index (κ1) is 14.3. The van der Waals surface area contributed by atoms with Gasteiger partial charge in [-0.15, -0.1) is 0 Å². The molecule has 1 unspecified atom stereocenters. The lowest BCUT2D eigenvalue weighted by molar-refractivity contribution is 0.0957. The van der Waals surface area contributed by atoms with Gasteiger partial charge in [-0.25, -0.2) is 0 Å². The molecule has 0 aromatic carbocycles. The van der Waals surface area contributed by atoms with Crippen molar-refractivity contribution in [3.8, 4) is 0 Å². The highest BCUT2D eigenvalue weighted by molar-refractivity contribution is 4.73. The highest BCUT2D eigenvalue weighted by Crippen LogP contribution is 2.21. The molecule has 0 amide bonds. The van der Waals surface area contributed by atoms with Crippen molar-refractivity contribution in [3.63, 3.8) is 0 Å². The van der Waals surface area contributed by atoms with Crippen LogP contribution in [0, 0.1) is 5.92 Å². The van der Waals surface area contributed by atoms with Gasteiger partial charge < -0.3 is 15.0 Å². The van der Waals surface area contributed by atoms with Crippen LogP contribution in [0.5, 0.6) is 0 Å². The molecule has 0 saturated carbocycles. The minimum atomic E-state index is 0.582. The van der Waals surface area contributed by atoms with Crippen molar-refractivity contribution in [1.82, 2.24) is 10.2 Å². The van der Waals surface area contributed by atoms with Gasteiger partial charge in [0.2, 0.25) is 0 Å². The van der Waals surface area contributed by atoms with E-state index in [0.29, 0.717) is 6.10 Å². The molecule has 1 atom stereocenters. The molecular formula is C15H30N2O. The summed E-state index contributed by atoms with van der Waals surface area (Å²) in [5.74, 6) is 0.965. The van der Waals surface area contributed by atoms with Crippen LogP contribution in [0.15, 0.2) is 0 Å². The highest BCUT2D eigenvalue weighted by atomic mass is 16.5. The quantitative estimate of drug-likeness (QED) is 0.754. The molecule has 2 fully saturated rings. The number of nitrogens with zero attached hydrogens (tertiary/aromatic N) is 1. The molecule has 2 heterocycles. The fourth-order valence-corrected chi connectivity index (χ4v) is 3.26. The Bertz CT molecular complexity index is 209. The second-order valence-electron chi connectivity index (χ2n) is 5.95. The van der Waals surface area contributed by atoms with Crippen LogP contribution < -0.4 is 5.32 Å². The summed E-state index contributed by atoms with van der Waals surface area (Å²) >= 11 is 0. The van der Waals surface area contributed by atoms with Crippen LogP contribution >= 0.6 is 0 Å². The van der Waals surface area contributed by atoms with Gasteiger partial charge in [-0.05, 0) is 84.1 Å². The Kier molecular flexibility index (Phi) is 6.46. The Balaban J connectivity index is 1.50. The van der Waals surface area contributed by atoms with Crippen molar-refractivity contribution >= 4 is 0 Å². The van der Waals surface area contributed by atoms with Crippen molar-refractivity contribution in [2.75, 3.05) is 39.8 Å². The second kappa shape index (κ2) is 8.13. The molecule has 0 radical (unpaired) electrons. The van der Waals surface area contributed by atoms with Gasteiger partial charge in [0.05, 0.1) is 6.10 Å². The van der Waals surface area contributed by atoms with E-state index in [-0.39, 0.29) is 0 Å². The zero-order valence-electron chi connectivity index (χ0n) is 12.0. The summed E-state index contributed by atoms with van der Waals surface area (Å²) in [5, 5.41) is 3.26. The monoisotopic (exact) mass is 254 g/mol. The topological polar surface area (TPSA) is 24.5 Å². The summed E-state index contributed by atoms with van der Waals surface area (Å²) in [7, 11) is 2.06. The van der Waals surface area contributed by atoms with Crippen molar-refractivity contribution in [3.05, 3.63) is 0 Å². The lowest BCUT2D eigenvalue weighted by atomic mass is 9.93. The standard InChI is InChI=1S/C15H30N2O/c1-16-9-6-14-7-11-17(12-8-14)10-2-4-15-5-3-13-18-15/h14-16H,2-13H2,1H3. The Morgan fingerprint density at radius 1 is 1.17 bits per heavy atom. The molecule has 0 aliphatic carbocycles. The van der Waals surface area contributed by atoms with E-state index in [1.54, 1.807) is 0 Å². The van der Waals surface area contributed by atoms with Crippen molar-refractivity contribution in [2.24, 2.45) is 5.92 Å². The summed E-state index contributed by atoms with van der Waals surface area (Å²) in [4.78, 5) is 2.66. The molecule has 2 aliphatic heterocycles. The maximum atomic E-state index is 5.68. The van der Waals surface area contributed by atoms with Crippen LogP contribution in [0.1, 0.15) is 44.9 Å². The van der Waals surface area contributed by atoms with Gasteiger partial charge in [0.25, 0.3) is 0 Å². The minimum absolute atomic E-state index is 0.582. The van der Waals surface area contributed by atoms with E-state index in [9.17, 15) is 0 Å². The van der Waals surface area contributed by atoms with Gasteiger partial charge in [0.15, 0.2) is 0 Å². The number of likely N-dealkylation sites (tertiary alicyclic amines) is 1. The van der Waals surface area contributed by atoms with Gasteiger partial charge in [-0.3, -0.25) is 0 Å². The third-order valence-electron chi connectivity index (χ3n) is 4.53. The smallest absolute Gasteiger partial charge is 0.0576 e. The predicted octanol–water partition coefficient (Wildman–Crippen LogP) is 2.27. The molecule has 0 aromatic rings. The maximum Gasteiger partial charge on any atom is 0.0576 e. The largest absolute Gasteiger partial charge is 0.378 e. The Hall–Kier alpha value is -0.120. The number of ether oxygens (including phenoxy) is 1. The van der Waals surface area contributed by atoms with E-state index in [1.165, 1.54) is 71.1 Å². The van der Waals surface area contributed by atoms with Crippen molar-refractivity contribution < 1.29 is 4.74 Å². The van der Waals surface area contributed by atoms with Crippen LogP contribution in [0.3, 0.4) is 0 Å².